The predicted octanol–water partition coefficient (Wildman–Crippen LogP) is 3.78. The Morgan fingerprint density at radius 1 is 0.960 bits per heavy atom. The lowest BCUT2D eigenvalue weighted by Gasteiger charge is -2.11. The third-order valence-electron chi connectivity index (χ3n) is 3.29. The van der Waals surface area contributed by atoms with Crippen molar-refractivity contribution in [3.63, 3.8) is 0 Å². The van der Waals surface area contributed by atoms with Gasteiger partial charge < -0.3 is 14.2 Å². The molecule has 0 aliphatic carbocycles. The molecule has 0 spiro atoms. The van der Waals surface area contributed by atoms with E-state index in [4.69, 9.17) is 37.4 Å². The third kappa shape index (κ3) is 4.55. The van der Waals surface area contributed by atoms with E-state index >= 15 is 0 Å². The maximum atomic E-state index is 12.1. The monoisotopic (exact) mass is 382 g/mol. The summed E-state index contributed by atoms with van der Waals surface area (Å²) in [6, 6.07) is 7.91. The van der Waals surface area contributed by atoms with Crippen molar-refractivity contribution in [2.75, 3.05) is 21.3 Å². The molecule has 0 radical (unpaired) electrons. The van der Waals surface area contributed by atoms with Crippen molar-refractivity contribution in [2.45, 2.75) is 0 Å². The van der Waals surface area contributed by atoms with Crippen LogP contribution >= 0.6 is 23.2 Å². The first-order valence-electron chi connectivity index (χ1n) is 7.08. The van der Waals surface area contributed by atoms with Crippen LogP contribution in [0.15, 0.2) is 35.4 Å². The Kier molecular flexibility index (Phi) is 6.50. The Morgan fingerprint density at radius 2 is 1.60 bits per heavy atom. The van der Waals surface area contributed by atoms with Gasteiger partial charge in [-0.1, -0.05) is 23.2 Å². The summed E-state index contributed by atoms with van der Waals surface area (Å²) in [5.41, 5.74) is 3.36. The minimum absolute atomic E-state index is 0.292. The van der Waals surface area contributed by atoms with Gasteiger partial charge in [0.05, 0.1) is 37.6 Å². The highest BCUT2D eigenvalue weighted by molar-refractivity contribution is 6.42. The quantitative estimate of drug-likeness (QED) is 0.609. The van der Waals surface area contributed by atoms with E-state index in [1.54, 1.807) is 24.3 Å². The number of methoxy groups -OCH3 is 3. The molecule has 6 nitrogen and oxygen atoms in total. The smallest absolute Gasteiger partial charge is 0.271 e. The van der Waals surface area contributed by atoms with E-state index in [-0.39, 0.29) is 0 Å². The fourth-order valence-corrected chi connectivity index (χ4v) is 2.31. The molecule has 132 valence electrons. The van der Waals surface area contributed by atoms with Gasteiger partial charge in [-0.05, 0) is 24.3 Å². The van der Waals surface area contributed by atoms with Crippen LogP contribution in [-0.4, -0.2) is 33.5 Å². The zero-order valence-electron chi connectivity index (χ0n) is 13.8. The first-order valence-corrected chi connectivity index (χ1v) is 7.84. The van der Waals surface area contributed by atoms with Crippen LogP contribution in [0.1, 0.15) is 15.9 Å². The van der Waals surface area contributed by atoms with E-state index in [9.17, 15) is 4.79 Å². The number of amides is 1. The van der Waals surface area contributed by atoms with Crippen molar-refractivity contribution >= 4 is 35.3 Å². The van der Waals surface area contributed by atoms with E-state index in [1.165, 1.54) is 33.6 Å². The van der Waals surface area contributed by atoms with E-state index in [0.717, 1.165) is 0 Å². The lowest BCUT2D eigenvalue weighted by Crippen LogP contribution is -2.17. The minimum atomic E-state index is -0.422. The molecule has 8 heteroatoms. The molecule has 0 saturated heterocycles. The molecule has 2 aromatic rings. The molecular formula is C17H16Cl2N2O4. The molecule has 0 atom stereocenters. The summed E-state index contributed by atoms with van der Waals surface area (Å²) in [6.07, 6.45) is 1.44. The molecule has 0 aliphatic rings. The van der Waals surface area contributed by atoms with Gasteiger partial charge in [0.25, 0.3) is 5.91 Å². The van der Waals surface area contributed by atoms with Crippen LogP contribution in [0.25, 0.3) is 0 Å². The van der Waals surface area contributed by atoms with Crippen molar-refractivity contribution < 1.29 is 19.0 Å². The van der Waals surface area contributed by atoms with Crippen molar-refractivity contribution in [1.29, 1.82) is 0 Å². The highest BCUT2D eigenvalue weighted by atomic mass is 35.5. The molecule has 25 heavy (non-hydrogen) atoms. The van der Waals surface area contributed by atoms with Gasteiger partial charge in [0.2, 0.25) is 0 Å². The predicted molar refractivity (Wildman–Crippen MR) is 97.6 cm³/mol. The Balaban J connectivity index is 2.18. The Hall–Kier alpha value is -2.44. The normalized spacial score (nSPS) is 10.6. The van der Waals surface area contributed by atoms with E-state index in [0.29, 0.717) is 38.4 Å². The minimum Gasteiger partial charge on any atom is -0.496 e. The number of carbonyl (C=O) groups is 1. The molecule has 0 aromatic heterocycles. The number of hydrogen-bond acceptors (Lipinski definition) is 5. The molecule has 2 rings (SSSR count). The summed E-state index contributed by atoms with van der Waals surface area (Å²) in [5, 5.41) is 4.60. The van der Waals surface area contributed by atoms with Crippen LogP contribution in [0.2, 0.25) is 10.0 Å². The van der Waals surface area contributed by atoms with Crippen LogP contribution in [0.4, 0.5) is 0 Å². The molecule has 0 unspecified atom stereocenters. The van der Waals surface area contributed by atoms with Crippen molar-refractivity contribution in [2.24, 2.45) is 5.10 Å². The maximum absolute atomic E-state index is 12.1. The summed E-state index contributed by atoms with van der Waals surface area (Å²) in [7, 11) is 4.58. The topological polar surface area (TPSA) is 69.2 Å². The van der Waals surface area contributed by atoms with Crippen molar-refractivity contribution in [3.8, 4) is 17.2 Å². The number of benzene rings is 2. The summed E-state index contributed by atoms with van der Waals surface area (Å²) in [5.74, 6) is 1.14. The van der Waals surface area contributed by atoms with Gasteiger partial charge >= 0.3 is 0 Å². The number of halogens is 2. The summed E-state index contributed by atoms with van der Waals surface area (Å²) in [4.78, 5) is 12.1. The molecule has 0 saturated carbocycles. The third-order valence-corrected chi connectivity index (χ3v) is 4.03. The number of ether oxygens (including phenoxy) is 3. The Morgan fingerprint density at radius 3 is 2.20 bits per heavy atom. The maximum Gasteiger partial charge on any atom is 0.271 e. The van der Waals surface area contributed by atoms with E-state index in [2.05, 4.69) is 10.5 Å². The number of nitrogens with zero attached hydrogens (tertiary/aromatic N) is 1. The van der Waals surface area contributed by atoms with Gasteiger partial charge in [-0.2, -0.15) is 5.10 Å². The van der Waals surface area contributed by atoms with Crippen LogP contribution in [0, 0.1) is 0 Å². The molecule has 0 aliphatic heterocycles. The lowest BCUT2D eigenvalue weighted by atomic mass is 10.2. The second-order valence-corrected chi connectivity index (χ2v) is 5.59. The van der Waals surface area contributed by atoms with E-state index in [1.807, 2.05) is 0 Å². The summed E-state index contributed by atoms with van der Waals surface area (Å²) < 4.78 is 15.7. The highest BCUT2D eigenvalue weighted by Crippen LogP contribution is 2.33. The fraction of sp³-hybridized carbons (Fsp3) is 0.176. The lowest BCUT2D eigenvalue weighted by molar-refractivity contribution is 0.0955. The van der Waals surface area contributed by atoms with E-state index < -0.39 is 5.91 Å². The Labute approximate surface area is 155 Å². The summed E-state index contributed by atoms with van der Waals surface area (Å²) in [6.45, 7) is 0. The fourth-order valence-electron chi connectivity index (χ4n) is 2.02. The SMILES string of the molecule is COc1cc(OC)c(OC)cc1/C=N/NC(=O)c1ccc(Cl)c(Cl)c1. The zero-order chi connectivity index (χ0) is 18.4. The van der Waals surface area contributed by atoms with Crippen LogP contribution in [0.3, 0.4) is 0 Å². The standard InChI is InChI=1S/C17H16Cl2N2O4/c1-23-14-8-16(25-3)15(24-2)7-11(14)9-20-21-17(22)10-4-5-12(18)13(19)6-10/h4-9H,1-3H3,(H,21,22)/b20-9+. The van der Waals surface area contributed by atoms with Gasteiger partial charge in [0.15, 0.2) is 11.5 Å². The van der Waals surface area contributed by atoms with Crippen LogP contribution in [0.5, 0.6) is 17.2 Å². The number of hydrazone groups is 1. The number of hydrogen-bond donors (Lipinski definition) is 1. The second kappa shape index (κ2) is 8.60. The molecule has 1 amide bonds. The van der Waals surface area contributed by atoms with Crippen molar-refractivity contribution in [3.05, 3.63) is 51.5 Å². The number of carbonyl (C=O) groups excluding carboxylic acids is 1. The van der Waals surface area contributed by atoms with Gasteiger partial charge in [0.1, 0.15) is 5.75 Å². The second-order valence-electron chi connectivity index (χ2n) is 4.78. The Bertz CT molecular complexity index is 809. The largest absolute Gasteiger partial charge is 0.496 e. The molecule has 1 N–H and O–H groups in total. The molecule has 2 aromatic carbocycles. The van der Waals surface area contributed by atoms with Crippen LogP contribution in [-0.2, 0) is 0 Å². The average molecular weight is 383 g/mol. The average Bonchev–Trinajstić information content (AvgIpc) is 2.63. The first-order chi connectivity index (χ1) is 12.0. The van der Waals surface area contributed by atoms with Gasteiger partial charge in [-0.3, -0.25) is 4.79 Å². The molecular weight excluding hydrogens is 367 g/mol. The highest BCUT2D eigenvalue weighted by Gasteiger charge is 2.11. The van der Waals surface area contributed by atoms with Gasteiger partial charge in [-0.15, -0.1) is 0 Å². The van der Waals surface area contributed by atoms with Crippen LogP contribution < -0.4 is 19.6 Å². The number of nitrogens with one attached hydrogen (secondary N) is 1. The summed E-state index contributed by atoms with van der Waals surface area (Å²) >= 11 is 11.7. The first kappa shape index (κ1) is 18.9. The van der Waals surface area contributed by atoms with Gasteiger partial charge in [0, 0.05) is 17.2 Å². The van der Waals surface area contributed by atoms with Crippen molar-refractivity contribution in [1.82, 2.24) is 5.43 Å². The molecule has 0 heterocycles. The zero-order valence-corrected chi connectivity index (χ0v) is 15.3. The number of rotatable bonds is 6. The van der Waals surface area contributed by atoms with Gasteiger partial charge in [-0.25, -0.2) is 5.43 Å². The molecule has 0 bridgehead atoms. The molecule has 0 fully saturated rings.